The summed E-state index contributed by atoms with van der Waals surface area (Å²) in [5.74, 6) is -3.19. The Morgan fingerprint density at radius 3 is 2.33 bits per heavy atom. The van der Waals surface area contributed by atoms with Gasteiger partial charge in [-0.15, -0.1) is 0 Å². The molecule has 0 aromatic heterocycles. The molecule has 0 saturated carbocycles. The van der Waals surface area contributed by atoms with Crippen LogP contribution in [0.25, 0.3) is 0 Å². The van der Waals surface area contributed by atoms with Gasteiger partial charge >= 0.3 is 11.9 Å². The van der Waals surface area contributed by atoms with Crippen molar-refractivity contribution in [2.24, 2.45) is 17.0 Å². The van der Waals surface area contributed by atoms with E-state index in [0.29, 0.717) is 6.42 Å². The van der Waals surface area contributed by atoms with Crippen molar-refractivity contribution in [3.05, 3.63) is 0 Å². The van der Waals surface area contributed by atoms with Crippen LogP contribution in [0.15, 0.2) is 5.16 Å². The summed E-state index contributed by atoms with van der Waals surface area (Å²) in [6.45, 7) is 3.76. The van der Waals surface area contributed by atoms with E-state index in [1.165, 1.54) is 0 Å². The van der Waals surface area contributed by atoms with Crippen molar-refractivity contribution in [3.63, 3.8) is 0 Å². The minimum absolute atomic E-state index is 0.119. The lowest BCUT2D eigenvalue weighted by Crippen LogP contribution is -2.33. The third kappa shape index (κ3) is 3.19. The highest BCUT2D eigenvalue weighted by Crippen LogP contribution is 2.29. The van der Waals surface area contributed by atoms with Crippen molar-refractivity contribution in [1.82, 2.24) is 0 Å². The van der Waals surface area contributed by atoms with E-state index in [-0.39, 0.29) is 18.1 Å². The average Bonchev–Trinajstić information content (AvgIpc) is 2.70. The molecule has 0 radical (unpaired) electrons. The van der Waals surface area contributed by atoms with Gasteiger partial charge in [-0.1, -0.05) is 19.0 Å². The SMILES string of the molecule is CC(C)C/C(=N/O)[C@H]1O[C@H](C(=O)O)C[C@@H]1C(=O)O. The molecule has 1 saturated heterocycles. The van der Waals surface area contributed by atoms with E-state index < -0.39 is 30.1 Å². The molecule has 1 aliphatic heterocycles. The molecular weight excluding hydrogens is 242 g/mol. The van der Waals surface area contributed by atoms with Crippen LogP contribution >= 0.6 is 0 Å². The van der Waals surface area contributed by atoms with E-state index >= 15 is 0 Å². The number of carboxylic acids is 2. The van der Waals surface area contributed by atoms with Crippen molar-refractivity contribution in [1.29, 1.82) is 0 Å². The number of ether oxygens (including phenoxy) is 1. The second-order valence-corrected chi connectivity index (χ2v) is 4.75. The second-order valence-electron chi connectivity index (χ2n) is 4.75. The van der Waals surface area contributed by atoms with Gasteiger partial charge in [0.2, 0.25) is 0 Å². The third-order valence-electron chi connectivity index (χ3n) is 2.81. The van der Waals surface area contributed by atoms with Gasteiger partial charge in [0.1, 0.15) is 6.10 Å². The molecule has 0 unspecified atom stereocenters. The number of nitrogens with zero attached hydrogens (tertiary/aromatic N) is 1. The highest BCUT2D eigenvalue weighted by molar-refractivity contribution is 5.93. The predicted octanol–water partition coefficient (Wildman–Crippen LogP) is 0.806. The van der Waals surface area contributed by atoms with Crippen LogP contribution in [0.1, 0.15) is 26.7 Å². The molecule has 18 heavy (non-hydrogen) atoms. The molecule has 3 N–H and O–H groups in total. The second kappa shape index (κ2) is 5.81. The zero-order chi connectivity index (χ0) is 13.9. The monoisotopic (exact) mass is 259 g/mol. The quantitative estimate of drug-likeness (QED) is 0.382. The van der Waals surface area contributed by atoms with Crippen LogP contribution in [0.4, 0.5) is 0 Å². The van der Waals surface area contributed by atoms with Gasteiger partial charge < -0.3 is 20.2 Å². The lowest BCUT2D eigenvalue weighted by atomic mass is 9.92. The number of aliphatic carboxylic acids is 2. The van der Waals surface area contributed by atoms with Gasteiger partial charge in [0, 0.05) is 6.42 Å². The maximum atomic E-state index is 11.1. The van der Waals surface area contributed by atoms with Crippen LogP contribution in [0.5, 0.6) is 0 Å². The Labute approximate surface area is 104 Å². The molecule has 0 aromatic carbocycles. The van der Waals surface area contributed by atoms with Crippen molar-refractivity contribution < 1.29 is 29.7 Å². The molecule has 7 heteroatoms. The summed E-state index contributed by atoms with van der Waals surface area (Å²) < 4.78 is 5.18. The Kier molecular flexibility index (Phi) is 4.66. The summed E-state index contributed by atoms with van der Waals surface area (Å²) in [4.78, 5) is 21.9. The molecule has 0 amide bonds. The Hall–Kier alpha value is -1.63. The molecule has 0 bridgehead atoms. The molecule has 0 aliphatic carbocycles. The molecule has 1 rings (SSSR count). The summed E-state index contributed by atoms with van der Waals surface area (Å²) in [5, 5.41) is 29.9. The summed E-state index contributed by atoms with van der Waals surface area (Å²) in [5.41, 5.74) is 0.182. The van der Waals surface area contributed by atoms with Crippen molar-refractivity contribution in [3.8, 4) is 0 Å². The maximum Gasteiger partial charge on any atom is 0.332 e. The zero-order valence-electron chi connectivity index (χ0n) is 10.2. The van der Waals surface area contributed by atoms with Crippen molar-refractivity contribution in [2.45, 2.75) is 38.9 Å². The van der Waals surface area contributed by atoms with Gasteiger partial charge in [-0.2, -0.15) is 0 Å². The average molecular weight is 259 g/mol. The van der Waals surface area contributed by atoms with Crippen molar-refractivity contribution >= 4 is 17.7 Å². The Morgan fingerprint density at radius 1 is 1.33 bits per heavy atom. The highest BCUT2D eigenvalue weighted by Gasteiger charge is 2.45. The zero-order valence-corrected chi connectivity index (χ0v) is 10.2. The van der Waals surface area contributed by atoms with E-state index in [1.54, 1.807) is 0 Å². The lowest BCUT2D eigenvalue weighted by molar-refractivity contribution is -0.148. The van der Waals surface area contributed by atoms with E-state index in [4.69, 9.17) is 20.2 Å². The van der Waals surface area contributed by atoms with Crippen LogP contribution in [-0.4, -0.2) is 45.3 Å². The molecule has 7 nitrogen and oxygen atoms in total. The molecule has 0 aromatic rings. The normalized spacial score (nSPS) is 28.6. The molecule has 0 spiro atoms. The summed E-state index contributed by atoms with van der Waals surface area (Å²) >= 11 is 0. The fraction of sp³-hybridized carbons (Fsp3) is 0.727. The van der Waals surface area contributed by atoms with Crippen molar-refractivity contribution in [2.75, 3.05) is 0 Å². The first-order valence-electron chi connectivity index (χ1n) is 5.68. The lowest BCUT2D eigenvalue weighted by Gasteiger charge is -2.17. The van der Waals surface area contributed by atoms with E-state index in [0.717, 1.165) is 0 Å². The van der Waals surface area contributed by atoms with Gasteiger partial charge in [-0.05, 0) is 12.3 Å². The molecule has 1 aliphatic rings. The third-order valence-corrected chi connectivity index (χ3v) is 2.81. The van der Waals surface area contributed by atoms with Crippen LogP contribution < -0.4 is 0 Å². The fourth-order valence-electron chi connectivity index (χ4n) is 2.01. The molecule has 3 atom stereocenters. The number of hydrogen-bond donors (Lipinski definition) is 3. The van der Waals surface area contributed by atoms with Gasteiger partial charge in [0.05, 0.1) is 11.6 Å². The smallest absolute Gasteiger partial charge is 0.332 e. The topological polar surface area (TPSA) is 116 Å². The first kappa shape index (κ1) is 14.4. The van der Waals surface area contributed by atoms with Gasteiger partial charge in [0.25, 0.3) is 0 Å². The molecular formula is C11H17NO6. The number of carbonyl (C=O) groups is 2. The maximum absolute atomic E-state index is 11.1. The van der Waals surface area contributed by atoms with E-state index in [9.17, 15) is 9.59 Å². The van der Waals surface area contributed by atoms with E-state index in [2.05, 4.69) is 5.16 Å². The van der Waals surface area contributed by atoms with E-state index in [1.807, 2.05) is 13.8 Å². The fourth-order valence-corrected chi connectivity index (χ4v) is 2.01. The van der Waals surface area contributed by atoms with Crippen LogP contribution in [0.2, 0.25) is 0 Å². The Bertz CT molecular complexity index is 365. The largest absolute Gasteiger partial charge is 0.481 e. The number of carboxylic acid groups (broad SMARTS) is 2. The van der Waals surface area contributed by atoms with Gasteiger partial charge in [-0.25, -0.2) is 4.79 Å². The number of oxime groups is 1. The highest BCUT2D eigenvalue weighted by atomic mass is 16.5. The van der Waals surface area contributed by atoms with Crippen LogP contribution in [0.3, 0.4) is 0 Å². The Morgan fingerprint density at radius 2 is 1.94 bits per heavy atom. The standard InChI is InChI=1S/C11H17NO6/c1-5(2)3-7(12-17)9-6(10(13)14)4-8(18-9)11(15)16/h5-6,8-9,17H,3-4H2,1-2H3,(H,13,14)(H,15,16)/b12-7-/t6-,8-,9-/m0/s1. The molecule has 1 fully saturated rings. The summed E-state index contributed by atoms with van der Waals surface area (Å²) in [6, 6.07) is 0. The first-order valence-corrected chi connectivity index (χ1v) is 5.68. The summed E-state index contributed by atoms with van der Waals surface area (Å²) in [6.07, 6.45) is -1.90. The predicted molar refractivity (Wildman–Crippen MR) is 60.7 cm³/mol. The number of hydrogen-bond acceptors (Lipinski definition) is 5. The number of rotatable bonds is 5. The van der Waals surface area contributed by atoms with Crippen LogP contribution in [-0.2, 0) is 14.3 Å². The molecule has 102 valence electrons. The van der Waals surface area contributed by atoms with Crippen LogP contribution in [0, 0.1) is 11.8 Å². The summed E-state index contributed by atoms with van der Waals surface area (Å²) in [7, 11) is 0. The van der Waals surface area contributed by atoms with Gasteiger partial charge in [-0.3, -0.25) is 4.79 Å². The minimum atomic E-state index is -1.20. The first-order chi connectivity index (χ1) is 8.36. The molecule has 1 heterocycles. The van der Waals surface area contributed by atoms with Gasteiger partial charge in [0.15, 0.2) is 6.10 Å². The Balaban J connectivity index is 2.89. The minimum Gasteiger partial charge on any atom is -0.481 e.